The number of fused-ring (bicyclic) bond motifs is 3. The van der Waals surface area contributed by atoms with E-state index in [-0.39, 0.29) is 22.6 Å². The van der Waals surface area contributed by atoms with Gasteiger partial charge in [-0.1, -0.05) is 38.1 Å². The number of carbonyl (C=O) groups is 3. The largest absolute Gasteiger partial charge is 0.510 e. The first kappa shape index (κ1) is 27.6. The Morgan fingerprint density at radius 2 is 1.82 bits per heavy atom. The van der Waals surface area contributed by atoms with Crippen molar-refractivity contribution in [3.63, 3.8) is 0 Å². The van der Waals surface area contributed by atoms with Crippen molar-refractivity contribution in [1.29, 1.82) is 0 Å². The number of hydrogen-bond donors (Lipinski definition) is 5. The van der Waals surface area contributed by atoms with Gasteiger partial charge in [-0.15, -0.1) is 0 Å². The first-order valence-electron chi connectivity index (χ1n) is 13.5. The maximum absolute atomic E-state index is 13.9. The van der Waals surface area contributed by atoms with Gasteiger partial charge in [0.1, 0.15) is 22.8 Å². The summed E-state index contributed by atoms with van der Waals surface area (Å²) in [6, 6.07) is 10.9. The lowest BCUT2D eigenvalue weighted by atomic mass is 9.59. The molecule has 0 radical (unpaired) electrons. The van der Waals surface area contributed by atoms with Gasteiger partial charge in [-0.05, 0) is 73.2 Å². The summed E-state index contributed by atoms with van der Waals surface area (Å²) < 4.78 is 0. The molecule has 9 heteroatoms. The molecule has 3 aliphatic carbocycles. The van der Waals surface area contributed by atoms with Crippen LogP contribution in [-0.2, 0) is 27.3 Å². The second-order valence-electron chi connectivity index (χ2n) is 11.5. The molecule has 2 aromatic carbocycles. The summed E-state index contributed by atoms with van der Waals surface area (Å²) in [5, 5.41) is 36.6. The number of allylic oxidation sites excluding steroid dienone is 1. The number of nitrogens with two attached hydrogens (primary N) is 1. The van der Waals surface area contributed by atoms with Crippen molar-refractivity contribution in [2.45, 2.75) is 45.3 Å². The standard InChI is InChI=1S/C31H35N3O6/c1-14(2)33-13-15-6-5-7-16(10-15)18-8-9-21(35)23-19(18)11-17-12-20-24(28(37)22(17)27(23)36)29(38)25(31(32)40)30(39)26(20)34(3)4/h5-10,14,17,20,24,26,33,35-36,39H,11-13H2,1-4H3,(H2,32,40). The molecule has 4 atom stereocenters. The number of nitrogens with zero attached hydrogens (tertiary/aromatic N) is 1. The Hall–Kier alpha value is -3.95. The van der Waals surface area contributed by atoms with Gasteiger partial charge >= 0.3 is 0 Å². The van der Waals surface area contributed by atoms with Crippen LogP contribution in [0, 0.1) is 17.8 Å². The third-order valence-electron chi connectivity index (χ3n) is 8.40. The number of benzene rings is 2. The highest BCUT2D eigenvalue weighted by Crippen LogP contribution is 2.51. The molecule has 1 saturated carbocycles. The Morgan fingerprint density at radius 3 is 2.48 bits per heavy atom. The smallest absolute Gasteiger partial charge is 0.255 e. The number of Topliss-reactive ketones (excluding diaryl/α,β-unsaturated/α-hetero) is 2. The SMILES string of the molecule is CC(C)NCc1cccc(-c2ccc(O)c3c2CC2CC4C(C(=O)C(C(N)=O)=C(O)C4N(C)C)C(=O)C2=C3O)c1. The van der Waals surface area contributed by atoms with E-state index in [2.05, 4.69) is 25.2 Å². The van der Waals surface area contributed by atoms with Crippen molar-refractivity contribution in [3.05, 3.63) is 70.0 Å². The van der Waals surface area contributed by atoms with Crippen LogP contribution in [0.5, 0.6) is 5.75 Å². The van der Waals surface area contributed by atoms with Crippen LogP contribution in [0.4, 0.5) is 0 Å². The van der Waals surface area contributed by atoms with Gasteiger partial charge in [-0.3, -0.25) is 19.3 Å². The van der Waals surface area contributed by atoms with E-state index in [1.165, 1.54) is 6.07 Å². The van der Waals surface area contributed by atoms with Crippen LogP contribution >= 0.6 is 0 Å². The maximum Gasteiger partial charge on any atom is 0.255 e. The normalized spacial score (nSPS) is 24.4. The highest BCUT2D eigenvalue weighted by atomic mass is 16.3. The van der Waals surface area contributed by atoms with E-state index in [4.69, 9.17) is 5.73 Å². The van der Waals surface area contributed by atoms with Crippen molar-refractivity contribution in [1.82, 2.24) is 10.2 Å². The average molecular weight is 546 g/mol. The zero-order chi connectivity index (χ0) is 29.0. The zero-order valence-electron chi connectivity index (χ0n) is 23.1. The summed E-state index contributed by atoms with van der Waals surface area (Å²) in [5.74, 6) is -5.79. The average Bonchev–Trinajstić information content (AvgIpc) is 2.87. The Labute approximate surface area is 233 Å². The molecular formula is C31H35N3O6. The molecule has 5 rings (SSSR count). The fraction of sp³-hybridized carbons (Fsp3) is 0.387. The van der Waals surface area contributed by atoms with E-state index in [0.29, 0.717) is 31.0 Å². The van der Waals surface area contributed by atoms with Crippen molar-refractivity contribution < 1.29 is 29.7 Å². The molecule has 4 unspecified atom stereocenters. The van der Waals surface area contributed by atoms with Crippen molar-refractivity contribution in [2.75, 3.05) is 14.1 Å². The van der Waals surface area contributed by atoms with Gasteiger partial charge in [-0.25, -0.2) is 0 Å². The molecular weight excluding hydrogens is 510 g/mol. The number of hydrogen-bond acceptors (Lipinski definition) is 8. The fourth-order valence-electron chi connectivity index (χ4n) is 6.71. The third kappa shape index (κ3) is 4.39. The number of carbonyl (C=O) groups excluding carboxylic acids is 3. The lowest BCUT2D eigenvalue weighted by molar-refractivity contribution is -0.136. The van der Waals surface area contributed by atoms with E-state index >= 15 is 0 Å². The van der Waals surface area contributed by atoms with Gasteiger partial charge in [-0.2, -0.15) is 0 Å². The minimum atomic E-state index is -1.27. The van der Waals surface area contributed by atoms with Crippen LogP contribution in [-0.4, -0.2) is 63.9 Å². The van der Waals surface area contributed by atoms with Gasteiger partial charge in [0.15, 0.2) is 11.6 Å². The number of phenolic OH excluding ortho intramolecular Hbond substituents is 1. The number of aliphatic hydroxyl groups is 2. The van der Waals surface area contributed by atoms with E-state index in [0.717, 1.165) is 16.7 Å². The number of aliphatic hydroxyl groups excluding tert-OH is 2. The van der Waals surface area contributed by atoms with Crippen LogP contribution in [0.15, 0.2) is 53.3 Å². The van der Waals surface area contributed by atoms with E-state index in [1.807, 2.05) is 24.3 Å². The van der Waals surface area contributed by atoms with Gasteiger partial charge in [0.25, 0.3) is 5.91 Å². The lowest BCUT2D eigenvalue weighted by Crippen LogP contribution is -2.55. The molecule has 0 heterocycles. The number of primary amides is 1. The molecule has 6 N–H and O–H groups in total. The number of aromatic hydroxyl groups is 1. The van der Waals surface area contributed by atoms with Crippen LogP contribution in [0.1, 0.15) is 37.0 Å². The topological polar surface area (TPSA) is 153 Å². The molecule has 0 saturated heterocycles. The summed E-state index contributed by atoms with van der Waals surface area (Å²) in [5.41, 5.74) is 8.67. The molecule has 1 fully saturated rings. The number of nitrogens with one attached hydrogen (secondary N) is 1. The summed E-state index contributed by atoms with van der Waals surface area (Å²) in [6.07, 6.45) is 0.663. The van der Waals surface area contributed by atoms with E-state index in [9.17, 15) is 29.7 Å². The van der Waals surface area contributed by atoms with Crippen LogP contribution < -0.4 is 11.1 Å². The zero-order valence-corrected chi connectivity index (χ0v) is 23.1. The minimum absolute atomic E-state index is 0.0761. The van der Waals surface area contributed by atoms with Gasteiger partial charge in [0, 0.05) is 18.2 Å². The first-order valence-corrected chi connectivity index (χ1v) is 13.5. The second kappa shape index (κ2) is 10.2. The Morgan fingerprint density at radius 1 is 1.10 bits per heavy atom. The molecule has 0 spiro atoms. The number of likely N-dealkylation sites (N-methyl/N-ethyl adjacent to an activating group) is 1. The van der Waals surface area contributed by atoms with Crippen LogP contribution in [0.3, 0.4) is 0 Å². The maximum atomic E-state index is 13.9. The molecule has 40 heavy (non-hydrogen) atoms. The predicted molar refractivity (Wildman–Crippen MR) is 150 cm³/mol. The van der Waals surface area contributed by atoms with Gasteiger partial charge < -0.3 is 26.4 Å². The first-order chi connectivity index (χ1) is 18.9. The highest BCUT2D eigenvalue weighted by molar-refractivity contribution is 6.28. The summed E-state index contributed by atoms with van der Waals surface area (Å²) in [7, 11) is 3.40. The molecule has 3 aliphatic rings. The molecule has 0 bridgehead atoms. The van der Waals surface area contributed by atoms with E-state index in [1.54, 1.807) is 19.0 Å². The summed E-state index contributed by atoms with van der Waals surface area (Å²) in [6.45, 7) is 4.84. The van der Waals surface area contributed by atoms with Crippen molar-refractivity contribution in [2.24, 2.45) is 23.5 Å². The minimum Gasteiger partial charge on any atom is -0.510 e. The van der Waals surface area contributed by atoms with Crippen LogP contribution in [0.2, 0.25) is 0 Å². The predicted octanol–water partition coefficient (Wildman–Crippen LogP) is 3.01. The summed E-state index contributed by atoms with van der Waals surface area (Å²) in [4.78, 5) is 41.0. The molecule has 2 aromatic rings. The molecule has 0 aliphatic heterocycles. The summed E-state index contributed by atoms with van der Waals surface area (Å²) >= 11 is 0. The number of ketones is 2. The van der Waals surface area contributed by atoms with Gasteiger partial charge in [0.05, 0.1) is 17.5 Å². The molecule has 0 aromatic heterocycles. The third-order valence-corrected chi connectivity index (χ3v) is 8.40. The van der Waals surface area contributed by atoms with E-state index < -0.39 is 52.6 Å². The Bertz CT molecular complexity index is 1490. The Kier molecular flexibility index (Phi) is 7.06. The van der Waals surface area contributed by atoms with Crippen molar-refractivity contribution in [3.8, 4) is 16.9 Å². The quantitative estimate of drug-likeness (QED) is 0.274. The Balaban J connectivity index is 1.62. The second-order valence-corrected chi connectivity index (χ2v) is 11.5. The number of phenols is 1. The molecule has 1 amide bonds. The highest BCUT2D eigenvalue weighted by Gasteiger charge is 2.55. The monoisotopic (exact) mass is 545 g/mol. The van der Waals surface area contributed by atoms with Crippen LogP contribution in [0.25, 0.3) is 16.9 Å². The molecule has 9 nitrogen and oxygen atoms in total. The number of amides is 1. The number of rotatable bonds is 6. The van der Waals surface area contributed by atoms with Crippen molar-refractivity contribution >= 4 is 23.2 Å². The fourth-order valence-corrected chi connectivity index (χ4v) is 6.71. The molecule has 210 valence electrons. The van der Waals surface area contributed by atoms with Gasteiger partial charge in [0.2, 0.25) is 0 Å². The lowest BCUT2D eigenvalue weighted by Gasteiger charge is -2.46.